The molecule has 0 aliphatic carbocycles. The monoisotopic (exact) mass is 1150 g/mol. The zero-order valence-electron chi connectivity index (χ0n) is 53.9. The number of unbranched alkanes of at least 4 members (excludes halogenated alkanes) is 26. The van der Waals surface area contributed by atoms with Crippen molar-refractivity contribution in [3.63, 3.8) is 0 Å². The van der Waals surface area contributed by atoms with E-state index in [4.69, 9.17) is 14.2 Å². The number of carbonyl (C=O) groups is 3. The predicted octanol–water partition coefficient (Wildman–Crippen LogP) is 23.9. The molecule has 0 aliphatic rings. The number of ether oxygens (including phenoxy) is 3. The van der Waals surface area contributed by atoms with Crippen LogP contribution >= 0.6 is 0 Å². The summed E-state index contributed by atoms with van der Waals surface area (Å²) in [4.78, 5) is 38.4. The van der Waals surface area contributed by atoms with Gasteiger partial charge in [0.15, 0.2) is 6.10 Å². The maximum atomic E-state index is 12.9. The molecular formula is C77H126O6. The fourth-order valence-electron chi connectivity index (χ4n) is 9.17. The fraction of sp³-hybridized carbons (Fsp3) is 0.649. The molecule has 6 nitrogen and oxygen atoms in total. The number of esters is 3. The van der Waals surface area contributed by atoms with E-state index < -0.39 is 6.10 Å². The van der Waals surface area contributed by atoms with Crippen molar-refractivity contribution in [3.05, 3.63) is 146 Å². The molecule has 0 rings (SSSR count). The van der Waals surface area contributed by atoms with Crippen LogP contribution in [0.2, 0.25) is 0 Å². The summed E-state index contributed by atoms with van der Waals surface area (Å²) in [5, 5.41) is 0. The van der Waals surface area contributed by atoms with Crippen LogP contribution in [-0.2, 0) is 28.6 Å². The molecule has 0 spiro atoms. The van der Waals surface area contributed by atoms with E-state index in [9.17, 15) is 14.4 Å². The van der Waals surface area contributed by atoms with Gasteiger partial charge in [0.1, 0.15) is 13.2 Å². The quantitative estimate of drug-likeness (QED) is 0.0261. The summed E-state index contributed by atoms with van der Waals surface area (Å²) < 4.78 is 16.9. The molecule has 0 amide bonds. The van der Waals surface area contributed by atoms with Crippen LogP contribution in [0.15, 0.2) is 146 Å². The Hall–Kier alpha value is -4.71. The summed E-state index contributed by atoms with van der Waals surface area (Å²) >= 11 is 0. The number of allylic oxidation sites excluding steroid dienone is 24. The van der Waals surface area contributed by atoms with Crippen LogP contribution in [-0.4, -0.2) is 37.2 Å². The lowest BCUT2D eigenvalue weighted by Crippen LogP contribution is -2.30. The van der Waals surface area contributed by atoms with Gasteiger partial charge in [-0.3, -0.25) is 14.4 Å². The van der Waals surface area contributed by atoms with Crippen LogP contribution in [0.3, 0.4) is 0 Å². The average Bonchev–Trinajstić information content (AvgIpc) is 3.49. The summed E-state index contributed by atoms with van der Waals surface area (Å²) in [6, 6.07) is 0. The highest BCUT2D eigenvalue weighted by atomic mass is 16.6. The van der Waals surface area contributed by atoms with Gasteiger partial charge in [0.2, 0.25) is 0 Å². The van der Waals surface area contributed by atoms with Crippen molar-refractivity contribution in [1.82, 2.24) is 0 Å². The van der Waals surface area contributed by atoms with Crippen LogP contribution in [0.25, 0.3) is 0 Å². The highest BCUT2D eigenvalue weighted by Gasteiger charge is 2.19. The third-order valence-electron chi connectivity index (χ3n) is 14.3. The molecule has 83 heavy (non-hydrogen) atoms. The zero-order chi connectivity index (χ0) is 59.9. The van der Waals surface area contributed by atoms with E-state index in [0.717, 1.165) is 161 Å². The molecule has 0 radical (unpaired) electrons. The largest absolute Gasteiger partial charge is 0.462 e. The molecule has 0 aromatic heterocycles. The lowest BCUT2D eigenvalue weighted by molar-refractivity contribution is -0.167. The lowest BCUT2D eigenvalue weighted by Gasteiger charge is -2.18. The van der Waals surface area contributed by atoms with E-state index in [1.165, 1.54) is 103 Å². The van der Waals surface area contributed by atoms with Gasteiger partial charge in [-0.2, -0.15) is 0 Å². The summed E-state index contributed by atoms with van der Waals surface area (Å²) in [7, 11) is 0. The molecule has 0 bridgehead atoms. The van der Waals surface area contributed by atoms with Gasteiger partial charge in [0.05, 0.1) is 0 Å². The van der Waals surface area contributed by atoms with Crippen LogP contribution in [0, 0.1) is 0 Å². The van der Waals surface area contributed by atoms with Crippen LogP contribution in [0.4, 0.5) is 0 Å². The Balaban J connectivity index is 4.39. The maximum Gasteiger partial charge on any atom is 0.306 e. The van der Waals surface area contributed by atoms with E-state index in [2.05, 4.69) is 167 Å². The Morgan fingerprint density at radius 3 is 0.783 bits per heavy atom. The van der Waals surface area contributed by atoms with Crippen LogP contribution in [0.1, 0.15) is 303 Å². The maximum absolute atomic E-state index is 12.9. The molecule has 0 aromatic rings. The second-order valence-corrected chi connectivity index (χ2v) is 22.3. The zero-order valence-corrected chi connectivity index (χ0v) is 53.9. The minimum atomic E-state index is -0.803. The predicted molar refractivity (Wildman–Crippen MR) is 362 cm³/mol. The summed E-state index contributed by atoms with van der Waals surface area (Å²) in [5.41, 5.74) is 0. The Kier molecular flexibility index (Phi) is 65.8. The highest BCUT2D eigenvalue weighted by molar-refractivity contribution is 5.71. The van der Waals surface area contributed by atoms with Crippen molar-refractivity contribution in [3.8, 4) is 0 Å². The van der Waals surface area contributed by atoms with Crippen molar-refractivity contribution in [2.45, 2.75) is 309 Å². The van der Waals surface area contributed by atoms with Gasteiger partial charge in [0.25, 0.3) is 0 Å². The standard InChI is InChI=1S/C77H126O6/c1-4-7-10-13-16-19-22-25-27-29-31-33-35-36-37-38-39-40-42-43-45-47-49-52-55-58-61-64-67-70-76(79)82-73-74(72-81-75(78)69-66-63-60-57-54-51-24-21-18-15-12-9-6-3)83-77(80)71-68-65-62-59-56-53-50-48-46-44-41-34-32-30-28-26-23-20-17-14-11-8-5-2/h7,10,12,15-16,19,21,23-27,30-33,36-37,39-40,43,45,49,52,74H,4-6,8-9,11,13-14,17-18,20,22,28-29,34-35,38,41-42,44,46-48,50-51,53-73H2,1-3H3/b10-7-,15-12-,19-16-,24-21-,26-23-,27-25-,32-30-,33-31-,37-36-,40-39-,45-43-,52-49-. The van der Waals surface area contributed by atoms with Crippen LogP contribution in [0.5, 0.6) is 0 Å². The highest BCUT2D eigenvalue weighted by Crippen LogP contribution is 2.15. The van der Waals surface area contributed by atoms with Crippen LogP contribution < -0.4 is 0 Å². The molecular weight excluding hydrogens is 1020 g/mol. The second kappa shape index (κ2) is 69.8. The van der Waals surface area contributed by atoms with Gasteiger partial charge in [-0.15, -0.1) is 0 Å². The average molecular weight is 1150 g/mol. The van der Waals surface area contributed by atoms with Crippen molar-refractivity contribution in [2.75, 3.05) is 13.2 Å². The minimum absolute atomic E-state index is 0.0983. The Morgan fingerprint density at radius 2 is 0.494 bits per heavy atom. The van der Waals surface area contributed by atoms with E-state index in [1.54, 1.807) is 0 Å². The molecule has 0 saturated carbocycles. The molecule has 0 heterocycles. The molecule has 1 unspecified atom stereocenters. The normalized spacial score (nSPS) is 13.0. The van der Waals surface area contributed by atoms with Gasteiger partial charge in [-0.25, -0.2) is 0 Å². The van der Waals surface area contributed by atoms with Gasteiger partial charge in [-0.05, 0) is 141 Å². The Bertz CT molecular complexity index is 1800. The smallest absolute Gasteiger partial charge is 0.306 e. The van der Waals surface area contributed by atoms with Crippen molar-refractivity contribution in [2.24, 2.45) is 0 Å². The summed E-state index contributed by atoms with van der Waals surface area (Å²) in [6.45, 7) is 6.43. The lowest BCUT2D eigenvalue weighted by atomic mass is 10.0. The third-order valence-corrected chi connectivity index (χ3v) is 14.3. The summed E-state index contributed by atoms with van der Waals surface area (Å²) in [5.74, 6) is -0.936. The first-order valence-electron chi connectivity index (χ1n) is 34.3. The summed E-state index contributed by atoms with van der Waals surface area (Å²) in [6.07, 6.45) is 100. The van der Waals surface area contributed by atoms with Gasteiger partial charge in [0, 0.05) is 19.3 Å². The second-order valence-electron chi connectivity index (χ2n) is 22.3. The van der Waals surface area contributed by atoms with E-state index in [0.29, 0.717) is 19.3 Å². The first-order chi connectivity index (χ1) is 41.0. The van der Waals surface area contributed by atoms with E-state index in [1.807, 2.05) is 0 Å². The number of hydrogen-bond donors (Lipinski definition) is 0. The Morgan fingerprint density at radius 1 is 0.253 bits per heavy atom. The SMILES string of the molecule is CC/C=C\C/C=C\C/C=C\C/C=C\C/C=C\C/C=C\C/C=C\C/C=C\CCCCCCC(=O)OCC(COC(=O)CCCCCCC/C=C\C/C=C\CCC)OC(=O)CCCCCCCCCCCCC/C=C\C/C=C\CCCCCCC. The van der Waals surface area contributed by atoms with E-state index in [-0.39, 0.29) is 31.1 Å². The molecule has 1 atom stereocenters. The van der Waals surface area contributed by atoms with Gasteiger partial charge < -0.3 is 14.2 Å². The van der Waals surface area contributed by atoms with E-state index >= 15 is 0 Å². The third kappa shape index (κ3) is 68.0. The van der Waals surface area contributed by atoms with Crippen molar-refractivity contribution < 1.29 is 28.6 Å². The first kappa shape index (κ1) is 78.3. The van der Waals surface area contributed by atoms with Crippen molar-refractivity contribution in [1.29, 1.82) is 0 Å². The molecule has 0 saturated heterocycles. The Labute approximate surface area is 512 Å². The molecule has 0 aromatic carbocycles. The first-order valence-corrected chi connectivity index (χ1v) is 34.3. The van der Waals surface area contributed by atoms with Gasteiger partial charge in [-0.1, -0.05) is 289 Å². The molecule has 6 heteroatoms. The molecule has 0 fully saturated rings. The number of rotatable bonds is 61. The van der Waals surface area contributed by atoms with Crippen molar-refractivity contribution >= 4 is 17.9 Å². The fourth-order valence-corrected chi connectivity index (χ4v) is 9.17. The molecule has 0 aliphatic heterocycles. The minimum Gasteiger partial charge on any atom is -0.462 e. The molecule has 470 valence electrons. The topological polar surface area (TPSA) is 78.9 Å². The molecule has 0 N–H and O–H groups in total. The number of carbonyl (C=O) groups excluding carboxylic acids is 3. The van der Waals surface area contributed by atoms with Gasteiger partial charge >= 0.3 is 17.9 Å². The number of hydrogen-bond acceptors (Lipinski definition) is 6.